The third kappa shape index (κ3) is 3.26. The van der Waals surface area contributed by atoms with Crippen molar-refractivity contribution in [3.63, 3.8) is 0 Å². The van der Waals surface area contributed by atoms with Crippen LogP contribution >= 0.6 is 22.9 Å². The van der Waals surface area contributed by atoms with Crippen molar-refractivity contribution >= 4 is 34.2 Å². The second-order valence-corrected chi connectivity index (χ2v) is 7.49. The summed E-state index contributed by atoms with van der Waals surface area (Å²) in [6.07, 6.45) is 6.09. The molecule has 0 spiro atoms. The van der Waals surface area contributed by atoms with E-state index in [1.807, 2.05) is 36.4 Å². The number of aryl methyl sites for hydroxylation is 1. The van der Waals surface area contributed by atoms with Gasteiger partial charge in [-0.15, -0.1) is 11.3 Å². The number of hydrogen-bond donors (Lipinski definition) is 0. The van der Waals surface area contributed by atoms with Crippen LogP contribution in [0.4, 0.5) is 5.00 Å². The van der Waals surface area contributed by atoms with Crippen molar-refractivity contribution in [3.05, 3.63) is 63.2 Å². The largest absolute Gasteiger partial charge is 0.455 e. The molecule has 2 aromatic heterocycles. The number of fused-ring (bicyclic) bond motifs is 1. The maximum atomic E-state index is 9.49. The van der Waals surface area contributed by atoms with Crippen LogP contribution < -0.4 is 0 Å². The van der Waals surface area contributed by atoms with Gasteiger partial charge in [-0.1, -0.05) is 23.7 Å². The zero-order valence-electron chi connectivity index (χ0n) is 13.5. The Morgan fingerprint density at radius 2 is 2.08 bits per heavy atom. The van der Waals surface area contributed by atoms with Crippen LogP contribution in [0.25, 0.3) is 11.3 Å². The summed E-state index contributed by atoms with van der Waals surface area (Å²) in [7, 11) is 0. The third-order valence-corrected chi connectivity index (χ3v) is 5.74. The molecule has 1 aromatic carbocycles. The number of nitrogens with zero attached hydrogens (tertiary/aromatic N) is 2. The summed E-state index contributed by atoms with van der Waals surface area (Å²) >= 11 is 7.66. The summed E-state index contributed by atoms with van der Waals surface area (Å²) in [4.78, 5) is 5.84. The number of aliphatic imine (C=N–C) groups is 1. The molecule has 0 fully saturated rings. The SMILES string of the molecule is N#Cc1c(N=Cc2ccc(-c3cccc(Cl)c3)o2)sc2c1CCCC2. The Labute approximate surface area is 155 Å². The Kier molecular flexibility index (Phi) is 4.44. The quantitative estimate of drug-likeness (QED) is 0.521. The van der Waals surface area contributed by atoms with Crippen molar-refractivity contribution in [2.45, 2.75) is 25.7 Å². The number of thiophene rings is 1. The van der Waals surface area contributed by atoms with Gasteiger partial charge in [0.2, 0.25) is 0 Å². The Bertz CT molecular complexity index is 994. The molecule has 1 aliphatic carbocycles. The van der Waals surface area contributed by atoms with Crippen LogP contribution in [0.3, 0.4) is 0 Å². The van der Waals surface area contributed by atoms with E-state index in [0.717, 1.165) is 41.2 Å². The molecule has 124 valence electrons. The highest BCUT2D eigenvalue weighted by atomic mass is 35.5. The normalized spacial score (nSPS) is 13.8. The zero-order valence-corrected chi connectivity index (χ0v) is 15.0. The van der Waals surface area contributed by atoms with Crippen molar-refractivity contribution in [3.8, 4) is 17.4 Å². The van der Waals surface area contributed by atoms with E-state index in [0.29, 0.717) is 10.8 Å². The molecular weight excluding hydrogens is 352 g/mol. The summed E-state index contributed by atoms with van der Waals surface area (Å²) in [5.74, 6) is 1.40. The molecule has 5 heteroatoms. The number of benzene rings is 1. The Hall–Kier alpha value is -2.35. The van der Waals surface area contributed by atoms with E-state index < -0.39 is 0 Å². The molecule has 0 saturated heterocycles. The molecule has 0 amide bonds. The van der Waals surface area contributed by atoms with Crippen LogP contribution in [0, 0.1) is 11.3 Å². The van der Waals surface area contributed by atoms with Gasteiger partial charge in [0.15, 0.2) is 0 Å². The van der Waals surface area contributed by atoms with E-state index in [1.54, 1.807) is 17.6 Å². The molecule has 0 bridgehead atoms. The molecule has 3 nitrogen and oxygen atoms in total. The Morgan fingerprint density at radius 1 is 1.20 bits per heavy atom. The van der Waals surface area contributed by atoms with Gasteiger partial charge >= 0.3 is 0 Å². The monoisotopic (exact) mass is 366 g/mol. The third-order valence-electron chi connectivity index (χ3n) is 4.31. The Balaban J connectivity index is 1.61. The predicted octanol–water partition coefficient (Wildman–Crippen LogP) is 6.16. The van der Waals surface area contributed by atoms with Crippen molar-refractivity contribution in [2.24, 2.45) is 4.99 Å². The number of furan rings is 1. The summed E-state index contributed by atoms with van der Waals surface area (Å²) in [5, 5.41) is 10.9. The topological polar surface area (TPSA) is 49.3 Å². The first kappa shape index (κ1) is 16.1. The average molecular weight is 367 g/mol. The maximum absolute atomic E-state index is 9.49. The van der Waals surface area contributed by atoms with Crippen molar-refractivity contribution in [2.75, 3.05) is 0 Å². The fourth-order valence-corrected chi connectivity index (χ4v) is 4.47. The summed E-state index contributed by atoms with van der Waals surface area (Å²) in [5.41, 5.74) is 2.86. The molecular formula is C20H15ClN2OS. The minimum Gasteiger partial charge on any atom is -0.455 e. The molecule has 0 atom stereocenters. The van der Waals surface area contributed by atoms with Gasteiger partial charge in [0, 0.05) is 15.5 Å². The lowest BCUT2D eigenvalue weighted by Gasteiger charge is -2.09. The highest BCUT2D eigenvalue weighted by molar-refractivity contribution is 7.16. The lowest BCUT2D eigenvalue weighted by Crippen LogP contribution is -1.99. The standard InChI is InChI=1S/C20H15ClN2OS/c21-14-5-3-4-13(10-14)18-9-8-15(24-18)12-23-20-17(11-22)16-6-1-2-7-19(16)25-20/h3-5,8-10,12H,1-2,6-7H2. The first-order chi connectivity index (χ1) is 12.2. The first-order valence-electron chi connectivity index (χ1n) is 8.19. The van der Waals surface area contributed by atoms with Gasteiger partial charge in [-0.3, -0.25) is 0 Å². The van der Waals surface area contributed by atoms with E-state index >= 15 is 0 Å². The van der Waals surface area contributed by atoms with Crippen LogP contribution in [-0.4, -0.2) is 6.21 Å². The fraction of sp³-hybridized carbons (Fsp3) is 0.200. The molecule has 4 rings (SSSR count). The second-order valence-electron chi connectivity index (χ2n) is 5.97. The molecule has 0 N–H and O–H groups in total. The van der Waals surface area contributed by atoms with Crippen molar-refractivity contribution < 1.29 is 4.42 Å². The molecule has 0 saturated carbocycles. The van der Waals surface area contributed by atoms with Crippen LogP contribution in [-0.2, 0) is 12.8 Å². The molecule has 0 radical (unpaired) electrons. The zero-order chi connectivity index (χ0) is 17.2. The van der Waals surface area contributed by atoms with Crippen molar-refractivity contribution in [1.82, 2.24) is 0 Å². The van der Waals surface area contributed by atoms with E-state index in [2.05, 4.69) is 11.1 Å². The number of halogens is 1. The van der Waals surface area contributed by atoms with Gasteiger partial charge in [-0.05, 0) is 55.5 Å². The second kappa shape index (κ2) is 6.87. The highest BCUT2D eigenvalue weighted by Gasteiger charge is 2.20. The average Bonchev–Trinajstić information content (AvgIpc) is 3.24. The Morgan fingerprint density at radius 3 is 2.92 bits per heavy atom. The molecule has 0 aliphatic heterocycles. The first-order valence-corrected chi connectivity index (χ1v) is 9.38. The fourth-order valence-electron chi connectivity index (χ4n) is 3.10. The predicted molar refractivity (Wildman–Crippen MR) is 102 cm³/mol. The summed E-state index contributed by atoms with van der Waals surface area (Å²) in [6.45, 7) is 0. The minimum atomic E-state index is 0.658. The highest BCUT2D eigenvalue weighted by Crippen LogP contribution is 2.39. The van der Waals surface area contributed by atoms with Crippen LogP contribution in [0.5, 0.6) is 0 Å². The molecule has 0 unspecified atom stereocenters. The van der Waals surface area contributed by atoms with Gasteiger partial charge in [0.25, 0.3) is 0 Å². The van der Waals surface area contributed by atoms with Gasteiger partial charge in [0.05, 0.1) is 11.8 Å². The lowest BCUT2D eigenvalue weighted by molar-refractivity contribution is 0.575. The van der Waals surface area contributed by atoms with E-state index in [9.17, 15) is 5.26 Å². The van der Waals surface area contributed by atoms with Gasteiger partial charge in [0.1, 0.15) is 22.6 Å². The number of hydrogen-bond acceptors (Lipinski definition) is 4. The maximum Gasteiger partial charge on any atom is 0.145 e. The van der Waals surface area contributed by atoms with Crippen LogP contribution in [0.15, 0.2) is 45.8 Å². The van der Waals surface area contributed by atoms with E-state index in [-0.39, 0.29) is 0 Å². The molecule has 25 heavy (non-hydrogen) atoms. The van der Waals surface area contributed by atoms with Crippen LogP contribution in [0.1, 0.15) is 34.6 Å². The van der Waals surface area contributed by atoms with Gasteiger partial charge in [-0.25, -0.2) is 4.99 Å². The summed E-state index contributed by atoms with van der Waals surface area (Å²) in [6, 6.07) is 13.6. The molecule has 3 aromatic rings. The van der Waals surface area contributed by atoms with Gasteiger partial charge < -0.3 is 4.42 Å². The lowest BCUT2D eigenvalue weighted by atomic mass is 9.96. The van der Waals surface area contributed by atoms with Crippen molar-refractivity contribution in [1.29, 1.82) is 5.26 Å². The smallest absolute Gasteiger partial charge is 0.145 e. The number of nitriles is 1. The summed E-state index contributed by atoms with van der Waals surface area (Å²) < 4.78 is 5.84. The minimum absolute atomic E-state index is 0.658. The van der Waals surface area contributed by atoms with E-state index in [1.165, 1.54) is 16.9 Å². The van der Waals surface area contributed by atoms with E-state index in [4.69, 9.17) is 16.0 Å². The molecule has 2 heterocycles. The molecule has 1 aliphatic rings. The van der Waals surface area contributed by atoms with Crippen LogP contribution in [0.2, 0.25) is 5.02 Å². The number of rotatable bonds is 3. The van der Waals surface area contributed by atoms with Gasteiger partial charge in [-0.2, -0.15) is 5.26 Å².